The molecule has 0 aromatic heterocycles. The van der Waals surface area contributed by atoms with Gasteiger partial charge in [0.05, 0.1) is 29.0 Å². The van der Waals surface area contributed by atoms with E-state index in [1.54, 1.807) is 30.3 Å². The summed E-state index contributed by atoms with van der Waals surface area (Å²) < 4.78 is 119. The number of carbonyl (C=O) groups excluding carboxylic acids is 1. The fourth-order valence-electron chi connectivity index (χ4n) is 5.86. The molecule has 3 aromatic rings. The van der Waals surface area contributed by atoms with E-state index in [1.165, 1.54) is 107 Å². The molecule has 59 heavy (non-hydrogen) atoms. The van der Waals surface area contributed by atoms with Crippen LogP contribution in [0.3, 0.4) is 0 Å². The maximum atomic E-state index is 16.1. The van der Waals surface area contributed by atoms with E-state index in [0.717, 1.165) is 29.8 Å². The van der Waals surface area contributed by atoms with Gasteiger partial charge < -0.3 is 9.84 Å². The van der Waals surface area contributed by atoms with Crippen molar-refractivity contribution in [2.24, 2.45) is 5.41 Å². The number of hydrogen-bond acceptors (Lipinski definition) is 9. The van der Waals surface area contributed by atoms with E-state index in [4.69, 9.17) is 22.8 Å². The molecule has 3 rings (SSSR count). The van der Waals surface area contributed by atoms with Crippen molar-refractivity contribution < 1.29 is 64.2 Å². The molecule has 328 valence electrons. The summed E-state index contributed by atoms with van der Waals surface area (Å²) in [6.07, 6.45) is -0.922. The quantitative estimate of drug-likeness (QED) is 0.0604. The number of ether oxygens (including phenoxy) is 1. The molecule has 10 nitrogen and oxygen atoms in total. The highest BCUT2D eigenvalue weighted by Crippen LogP contribution is 2.71. The molecule has 0 aliphatic rings. The van der Waals surface area contributed by atoms with Gasteiger partial charge in [0.2, 0.25) is 0 Å². The Kier molecular flexibility index (Phi) is 15.2. The van der Waals surface area contributed by atoms with Crippen LogP contribution in [0.2, 0.25) is 0 Å². The number of hydrogen-bond donors (Lipinski definition) is 1. The second-order valence-corrected chi connectivity index (χ2v) is 22.2. The smallest absolute Gasteiger partial charge is 0.405 e. The van der Waals surface area contributed by atoms with Crippen molar-refractivity contribution >= 4 is 27.1 Å². The molecule has 0 saturated heterocycles. The van der Waals surface area contributed by atoms with E-state index in [9.17, 15) is 23.8 Å². The van der Waals surface area contributed by atoms with Crippen molar-refractivity contribution in [2.45, 2.75) is 136 Å². The lowest BCUT2D eigenvalue weighted by Gasteiger charge is -2.36. The normalized spacial score (nSPS) is 14.0. The fourth-order valence-corrected chi connectivity index (χ4v) is 10.2. The van der Waals surface area contributed by atoms with Gasteiger partial charge in [0.1, 0.15) is 0 Å². The number of rotatable bonds is 17. The highest BCUT2D eigenvalue weighted by molar-refractivity contribution is 7.55. The van der Waals surface area contributed by atoms with Crippen LogP contribution in [0.5, 0.6) is 0 Å². The van der Waals surface area contributed by atoms with Crippen molar-refractivity contribution in [1.82, 2.24) is 0 Å². The maximum absolute atomic E-state index is 16.1. The van der Waals surface area contributed by atoms with Crippen LogP contribution in [0.15, 0.2) is 78.9 Å². The van der Waals surface area contributed by atoms with E-state index < -0.39 is 90.2 Å². The summed E-state index contributed by atoms with van der Waals surface area (Å²) in [6.45, 7) is 17.2. The van der Waals surface area contributed by atoms with Crippen LogP contribution < -0.4 is 0 Å². The number of aliphatic carboxylic acids is 1. The third-order valence-electron chi connectivity index (χ3n) is 8.15. The zero-order valence-corrected chi connectivity index (χ0v) is 37.7. The van der Waals surface area contributed by atoms with Gasteiger partial charge in [-0.3, -0.25) is 36.8 Å². The largest absolute Gasteiger partial charge is 0.480 e. The Morgan fingerprint density at radius 3 is 1.14 bits per heavy atom. The second kappa shape index (κ2) is 17.9. The number of carboxylic acids is 1. The molecule has 0 aliphatic heterocycles. The Morgan fingerprint density at radius 1 is 0.525 bits per heavy atom. The van der Waals surface area contributed by atoms with Gasteiger partial charge in [-0.25, -0.2) is 0 Å². The summed E-state index contributed by atoms with van der Waals surface area (Å²) in [5.74, 6) is -2.79. The first-order chi connectivity index (χ1) is 26.6. The van der Waals surface area contributed by atoms with Crippen LogP contribution in [0.1, 0.15) is 111 Å². The second-order valence-electron chi connectivity index (χ2n) is 18.4. The highest BCUT2D eigenvalue weighted by Gasteiger charge is 2.59. The standard InChI is InChI=1S/C43H58F4O10P2/c1-37(2,3)54-58(51,55-38(4,5)6)42(44,45)33-22-18-31(19-23-33)28-41(35(48)49,36(50)53-27-26-30-16-14-13-15-17-30)29-32-20-24-34(25-21-32)43(46,47)59(52,56-39(7,8)9)57-40(10,11)12/h13-25H,26-29H2,1-12H3,(H,48,49). The molecule has 0 saturated carbocycles. The molecule has 3 aromatic carbocycles. The first kappa shape index (κ1) is 50.0. The number of halogens is 4. The van der Waals surface area contributed by atoms with Crippen LogP contribution in [-0.4, -0.2) is 46.1 Å². The minimum Gasteiger partial charge on any atom is -0.480 e. The number of carboxylic acid groups (broad SMARTS) is 1. The summed E-state index contributed by atoms with van der Waals surface area (Å²) in [6, 6.07) is 17.4. The predicted molar refractivity (Wildman–Crippen MR) is 218 cm³/mol. The Balaban J connectivity index is 2.08. The monoisotopic (exact) mass is 872 g/mol. The number of carbonyl (C=O) groups is 2. The van der Waals surface area contributed by atoms with Gasteiger partial charge in [-0.15, -0.1) is 0 Å². The third kappa shape index (κ3) is 13.3. The number of esters is 1. The maximum Gasteiger partial charge on any atom is 0.405 e. The lowest BCUT2D eigenvalue weighted by Crippen LogP contribution is -2.45. The van der Waals surface area contributed by atoms with Gasteiger partial charge in [0.25, 0.3) is 0 Å². The molecular weight excluding hydrogens is 814 g/mol. The summed E-state index contributed by atoms with van der Waals surface area (Å²) in [7, 11) is -10.4. The molecule has 16 heteroatoms. The molecule has 0 radical (unpaired) electrons. The molecule has 0 unspecified atom stereocenters. The van der Waals surface area contributed by atoms with Gasteiger partial charge in [-0.1, -0.05) is 78.9 Å². The van der Waals surface area contributed by atoms with E-state index in [1.807, 2.05) is 0 Å². The van der Waals surface area contributed by atoms with Crippen molar-refractivity contribution in [3.63, 3.8) is 0 Å². The van der Waals surface area contributed by atoms with Crippen LogP contribution in [0.4, 0.5) is 17.6 Å². The number of alkyl halides is 4. The van der Waals surface area contributed by atoms with E-state index in [-0.39, 0.29) is 24.2 Å². The van der Waals surface area contributed by atoms with Gasteiger partial charge in [-0.2, -0.15) is 17.6 Å². The van der Waals surface area contributed by atoms with Crippen LogP contribution in [0.25, 0.3) is 0 Å². The van der Waals surface area contributed by atoms with Crippen LogP contribution in [0, 0.1) is 5.41 Å². The highest BCUT2D eigenvalue weighted by atomic mass is 31.2. The minimum atomic E-state index is -5.19. The van der Waals surface area contributed by atoms with Gasteiger partial charge >= 0.3 is 38.5 Å². The molecule has 0 atom stereocenters. The van der Waals surface area contributed by atoms with Gasteiger partial charge in [0, 0.05) is 17.5 Å². The van der Waals surface area contributed by atoms with Gasteiger partial charge in [0.15, 0.2) is 5.41 Å². The summed E-state index contributed by atoms with van der Waals surface area (Å²) >= 11 is 0. The fraction of sp³-hybridized carbons (Fsp3) is 0.535. The molecule has 1 N–H and O–H groups in total. The summed E-state index contributed by atoms with van der Waals surface area (Å²) in [5.41, 5.74) is -16.3. The summed E-state index contributed by atoms with van der Waals surface area (Å²) in [5, 5.41) is 10.8. The average molecular weight is 873 g/mol. The van der Waals surface area contributed by atoms with Crippen LogP contribution in [-0.2, 0) is 72.1 Å². The van der Waals surface area contributed by atoms with E-state index in [2.05, 4.69) is 0 Å². The molecular formula is C43H58F4O10P2. The zero-order chi connectivity index (χ0) is 45.1. The van der Waals surface area contributed by atoms with Crippen molar-refractivity contribution in [3.05, 3.63) is 107 Å². The SMILES string of the molecule is CC(C)(C)OP(=O)(OC(C)(C)C)C(F)(F)c1ccc(CC(Cc2ccc(C(F)(F)P(=O)(OC(C)(C)C)OC(C)(C)C)cc2)(C(=O)O)C(=O)OCCc2ccccc2)cc1. The van der Waals surface area contributed by atoms with Crippen molar-refractivity contribution in [1.29, 1.82) is 0 Å². The first-order valence-corrected chi connectivity index (χ1v) is 22.1. The van der Waals surface area contributed by atoms with E-state index in [0.29, 0.717) is 0 Å². The molecule has 0 heterocycles. The lowest BCUT2D eigenvalue weighted by molar-refractivity contribution is -0.169. The van der Waals surface area contributed by atoms with Crippen molar-refractivity contribution in [2.75, 3.05) is 6.61 Å². The molecule has 0 amide bonds. The Labute approximate surface area is 345 Å². The van der Waals surface area contributed by atoms with E-state index >= 15 is 17.6 Å². The third-order valence-corrected chi connectivity index (χ3v) is 13.2. The molecule has 0 fully saturated rings. The first-order valence-electron chi connectivity index (χ1n) is 19.1. The molecule has 0 aliphatic carbocycles. The molecule has 0 spiro atoms. The van der Waals surface area contributed by atoms with Crippen LogP contribution >= 0.6 is 15.2 Å². The van der Waals surface area contributed by atoms with Crippen molar-refractivity contribution in [3.8, 4) is 0 Å². The zero-order valence-electron chi connectivity index (χ0n) is 35.9. The Bertz CT molecular complexity index is 1850. The summed E-state index contributed by atoms with van der Waals surface area (Å²) in [4.78, 5) is 27.2. The topological polar surface area (TPSA) is 135 Å². The average Bonchev–Trinajstić information content (AvgIpc) is 3.05. The minimum absolute atomic E-state index is 0.109. The van der Waals surface area contributed by atoms with Gasteiger partial charge in [-0.05, 0) is 113 Å². The predicted octanol–water partition coefficient (Wildman–Crippen LogP) is 12.1. The number of benzene rings is 3. The Morgan fingerprint density at radius 2 is 0.847 bits per heavy atom. The Hall–Kier alpha value is -3.38. The molecule has 0 bridgehead atoms. The lowest BCUT2D eigenvalue weighted by atomic mass is 9.76.